The standard InChI is InChI=1S/C16H21Br2N/c1-2-19-16(13-8-10-3-4-11(13)7-10)14-9-12(17)5-6-15(14)18/h5-6,9-11,13,16,19H,2-4,7-8H2,1H3. The highest BCUT2D eigenvalue weighted by atomic mass is 79.9. The molecule has 2 bridgehead atoms. The second kappa shape index (κ2) is 5.87. The van der Waals surface area contributed by atoms with E-state index in [1.165, 1.54) is 40.2 Å². The van der Waals surface area contributed by atoms with Crippen LogP contribution in [0.4, 0.5) is 0 Å². The molecule has 1 aromatic carbocycles. The zero-order valence-electron chi connectivity index (χ0n) is 11.3. The van der Waals surface area contributed by atoms with Gasteiger partial charge in [0.15, 0.2) is 0 Å². The first kappa shape index (κ1) is 14.1. The summed E-state index contributed by atoms with van der Waals surface area (Å²) < 4.78 is 2.42. The third-order valence-electron chi connectivity index (χ3n) is 4.94. The normalized spacial score (nSPS) is 30.8. The molecule has 3 heteroatoms. The highest BCUT2D eigenvalue weighted by Crippen LogP contribution is 2.53. The Morgan fingerprint density at radius 3 is 2.74 bits per heavy atom. The lowest BCUT2D eigenvalue weighted by Crippen LogP contribution is -2.31. The van der Waals surface area contributed by atoms with E-state index in [1.54, 1.807) is 0 Å². The maximum atomic E-state index is 3.74. The smallest absolute Gasteiger partial charge is 0.0362 e. The first-order valence-electron chi connectivity index (χ1n) is 7.37. The summed E-state index contributed by atoms with van der Waals surface area (Å²) in [5, 5.41) is 3.74. The minimum atomic E-state index is 0.507. The molecule has 1 N–H and O–H groups in total. The molecule has 1 aromatic rings. The van der Waals surface area contributed by atoms with E-state index in [2.05, 4.69) is 62.3 Å². The number of hydrogen-bond donors (Lipinski definition) is 1. The summed E-state index contributed by atoms with van der Waals surface area (Å²) >= 11 is 7.36. The summed E-state index contributed by atoms with van der Waals surface area (Å²) in [6, 6.07) is 7.06. The van der Waals surface area contributed by atoms with Crippen molar-refractivity contribution in [1.29, 1.82) is 0 Å². The summed E-state index contributed by atoms with van der Waals surface area (Å²) in [4.78, 5) is 0. The van der Waals surface area contributed by atoms with E-state index in [1.807, 2.05) is 0 Å². The summed E-state index contributed by atoms with van der Waals surface area (Å²) in [7, 11) is 0. The van der Waals surface area contributed by atoms with Crippen molar-refractivity contribution in [2.75, 3.05) is 6.54 Å². The van der Waals surface area contributed by atoms with Gasteiger partial charge in [-0.3, -0.25) is 0 Å². The first-order valence-corrected chi connectivity index (χ1v) is 8.96. The molecule has 4 unspecified atom stereocenters. The average Bonchev–Trinajstić information content (AvgIpc) is 3.01. The molecule has 2 aliphatic rings. The van der Waals surface area contributed by atoms with Crippen LogP contribution < -0.4 is 5.32 Å². The third kappa shape index (κ3) is 2.79. The predicted molar refractivity (Wildman–Crippen MR) is 87.2 cm³/mol. The lowest BCUT2D eigenvalue weighted by atomic mass is 9.80. The van der Waals surface area contributed by atoms with Gasteiger partial charge in [0.05, 0.1) is 0 Å². The van der Waals surface area contributed by atoms with E-state index in [9.17, 15) is 0 Å². The van der Waals surface area contributed by atoms with Gasteiger partial charge >= 0.3 is 0 Å². The van der Waals surface area contributed by atoms with Gasteiger partial charge in [0.25, 0.3) is 0 Å². The SMILES string of the molecule is CCNC(c1cc(Br)ccc1Br)C1CC2CCC1C2. The second-order valence-corrected chi connectivity index (χ2v) is 7.81. The van der Waals surface area contributed by atoms with Crippen LogP contribution in [0.1, 0.15) is 44.2 Å². The lowest BCUT2D eigenvalue weighted by molar-refractivity contribution is 0.252. The van der Waals surface area contributed by atoms with Gasteiger partial charge in [0, 0.05) is 15.0 Å². The van der Waals surface area contributed by atoms with Gasteiger partial charge in [0.1, 0.15) is 0 Å². The van der Waals surface area contributed by atoms with Gasteiger partial charge in [0.2, 0.25) is 0 Å². The van der Waals surface area contributed by atoms with Gasteiger partial charge in [-0.1, -0.05) is 45.2 Å². The highest BCUT2D eigenvalue weighted by molar-refractivity contribution is 9.11. The van der Waals surface area contributed by atoms with E-state index < -0.39 is 0 Å². The van der Waals surface area contributed by atoms with Crippen LogP contribution in [-0.2, 0) is 0 Å². The zero-order valence-corrected chi connectivity index (χ0v) is 14.5. The Balaban J connectivity index is 1.90. The summed E-state index contributed by atoms with van der Waals surface area (Å²) in [5.41, 5.74) is 1.42. The maximum Gasteiger partial charge on any atom is 0.0362 e. The van der Waals surface area contributed by atoms with Gasteiger partial charge < -0.3 is 5.32 Å². The van der Waals surface area contributed by atoms with Crippen molar-refractivity contribution in [2.45, 2.75) is 38.6 Å². The fourth-order valence-corrected chi connectivity index (χ4v) is 5.04. The van der Waals surface area contributed by atoms with Gasteiger partial charge in [-0.05, 0) is 67.3 Å². The predicted octanol–water partition coefficient (Wildman–Crippen LogP) is 5.30. The van der Waals surface area contributed by atoms with Crippen LogP contribution in [0.3, 0.4) is 0 Å². The van der Waals surface area contributed by atoms with Crippen molar-refractivity contribution < 1.29 is 0 Å². The molecule has 0 amide bonds. The second-order valence-electron chi connectivity index (χ2n) is 6.04. The number of nitrogens with one attached hydrogen (secondary N) is 1. The van der Waals surface area contributed by atoms with E-state index in [0.29, 0.717) is 6.04 Å². The molecule has 2 saturated carbocycles. The van der Waals surface area contributed by atoms with Crippen LogP contribution in [-0.4, -0.2) is 6.54 Å². The molecule has 2 aliphatic carbocycles. The van der Waals surface area contributed by atoms with Gasteiger partial charge in [-0.15, -0.1) is 0 Å². The summed E-state index contributed by atoms with van der Waals surface area (Å²) in [6.07, 6.45) is 5.81. The molecule has 2 fully saturated rings. The summed E-state index contributed by atoms with van der Waals surface area (Å²) in [6.45, 7) is 3.25. The molecular formula is C16H21Br2N. The summed E-state index contributed by atoms with van der Waals surface area (Å²) in [5.74, 6) is 2.77. The number of rotatable bonds is 4. The molecule has 0 radical (unpaired) electrons. The van der Waals surface area contributed by atoms with Crippen molar-refractivity contribution >= 4 is 31.9 Å². The van der Waals surface area contributed by atoms with Crippen molar-refractivity contribution in [3.05, 3.63) is 32.7 Å². The Morgan fingerprint density at radius 2 is 2.11 bits per heavy atom. The highest BCUT2D eigenvalue weighted by Gasteiger charge is 2.43. The zero-order chi connectivity index (χ0) is 13.4. The lowest BCUT2D eigenvalue weighted by Gasteiger charge is -2.32. The van der Waals surface area contributed by atoms with E-state index in [4.69, 9.17) is 0 Å². The number of halogens is 2. The van der Waals surface area contributed by atoms with Crippen LogP contribution in [0.25, 0.3) is 0 Å². The monoisotopic (exact) mass is 385 g/mol. The Kier molecular flexibility index (Phi) is 4.35. The third-order valence-corrected chi connectivity index (χ3v) is 6.15. The van der Waals surface area contributed by atoms with Gasteiger partial charge in [-0.25, -0.2) is 0 Å². The van der Waals surface area contributed by atoms with Crippen LogP contribution in [0.2, 0.25) is 0 Å². The molecule has 1 nitrogen and oxygen atoms in total. The van der Waals surface area contributed by atoms with Crippen LogP contribution in [0.15, 0.2) is 27.1 Å². The largest absolute Gasteiger partial charge is 0.310 e. The Morgan fingerprint density at radius 1 is 1.26 bits per heavy atom. The van der Waals surface area contributed by atoms with Crippen molar-refractivity contribution in [3.63, 3.8) is 0 Å². The van der Waals surface area contributed by atoms with Crippen molar-refractivity contribution in [2.24, 2.45) is 17.8 Å². The van der Waals surface area contributed by atoms with Crippen molar-refractivity contribution in [3.8, 4) is 0 Å². The van der Waals surface area contributed by atoms with Crippen LogP contribution in [0, 0.1) is 17.8 Å². The first-order chi connectivity index (χ1) is 9.19. The molecule has 0 saturated heterocycles. The molecule has 0 aromatic heterocycles. The quantitative estimate of drug-likeness (QED) is 0.740. The average molecular weight is 387 g/mol. The fourth-order valence-electron chi connectivity index (χ4n) is 4.17. The number of hydrogen-bond acceptors (Lipinski definition) is 1. The number of benzene rings is 1. The molecule has 0 spiro atoms. The molecular weight excluding hydrogens is 366 g/mol. The molecule has 0 heterocycles. The minimum absolute atomic E-state index is 0.507. The molecule has 104 valence electrons. The minimum Gasteiger partial charge on any atom is -0.310 e. The van der Waals surface area contributed by atoms with Crippen molar-refractivity contribution in [1.82, 2.24) is 5.32 Å². The number of fused-ring (bicyclic) bond motifs is 2. The topological polar surface area (TPSA) is 12.0 Å². The maximum absolute atomic E-state index is 3.74. The molecule has 0 aliphatic heterocycles. The van der Waals surface area contributed by atoms with Crippen LogP contribution >= 0.6 is 31.9 Å². The molecule has 3 rings (SSSR count). The molecule has 19 heavy (non-hydrogen) atoms. The van der Waals surface area contributed by atoms with E-state index >= 15 is 0 Å². The van der Waals surface area contributed by atoms with E-state index in [-0.39, 0.29) is 0 Å². The Hall–Kier alpha value is 0.140. The Labute approximate surface area is 132 Å². The molecule has 4 atom stereocenters. The van der Waals surface area contributed by atoms with E-state index in [0.717, 1.165) is 24.3 Å². The fraction of sp³-hybridized carbons (Fsp3) is 0.625. The van der Waals surface area contributed by atoms with Crippen LogP contribution in [0.5, 0.6) is 0 Å². The van der Waals surface area contributed by atoms with Gasteiger partial charge in [-0.2, -0.15) is 0 Å². The Bertz CT molecular complexity index is 460.